The molecule has 1 fully saturated rings. The zero-order chi connectivity index (χ0) is 14.7. The number of hydrogen-bond donors (Lipinski definition) is 1. The van der Waals surface area contributed by atoms with Crippen molar-refractivity contribution >= 4 is 11.4 Å². The van der Waals surface area contributed by atoms with Crippen LogP contribution in [0.5, 0.6) is 0 Å². The van der Waals surface area contributed by atoms with E-state index in [-0.39, 0.29) is 5.82 Å². The van der Waals surface area contributed by atoms with Crippen LogP contribution >= 0.6 is 0 Å². The van der Waals surface area contributed by atoms with Gasteiger partial charge in [0.05, 0.1) is 0 Å². The Labute approximate surface area is 124 Å². The molecule has 0 spiro atoms. The van der Waals surface area contributed by atoms with Gasteiger partial charge in [0.1, 0.15) is 5.82 Å². The molecule has 1 heterocycles. The van der Waals surface area contributed by atoms with E-state index in [1.54, 1.807) is 6.07 Å². The molecule has 3 rings (SSSR count). The van der Waals surface area contributed by atoms with Gasteiger partial charge in [0.2, 0.25) is 0 Å². The van der Waals surface area contributed by atoms with Crippen molar-refractivity contribution in [2.75, 3.05) is 36.8 Å². The summed E-state index contributed by atoms with van der Waals surface area (Å²) in [5, 5.41) is 0. The summed E-state index contributed by atoms with van der Waals surface area (Å²) in [7, 11) is 0. The fraction of sp³-hybridized carbons (Fsp3) is 0.294. The number of hydrogen-bond acceptors (Lipinski definition) is 3. The van der Waals surface area contributed by atoms with Gasteiger partial charge in [0.15, 0.2) is 0 Å². The predicted molar refractivity (Wildman–Crippen MR) is 84.7 cm³/mol. The number of nitrogens with two attached hydrogens (primary N) is 1. The molecule has 0 bridgehead atoms. The van der Waals surface area contributed by atoms with Crippen LogP contribution in [0.1, 0.15) is 5.56 Å². The van der Waals surface area contributed by atoms with E-state index in [9.17, 15) is 4.39 Å². The van der Waals surface area contributed by atoms with E-state index in [0.717, 1.165) is 38.4 Å². The number of nitrogen functional groups attached to an aromatic ring is 1. The first-order chi connectivity index (χ1) is 10.2. The third-order valence-corrected chi connectivity index (χ3v) is 3.89. The van der Waals surface area contributed by atoms with Gasteiger partial charge in [-0.2, -0.15) is 0 Å². The lowest BCUT2D eigenvalue weighted by molar-refractivity contribution is 0.250. The van der Waals surface area contributed by atoms with E-state index >= 15 is 0 Å². The quantitative estimate of drug-likeness (QED) is 0.880. The topological polar surface area (TPSA) is 32.5 Å². The van der Waals surface area contributed by atoms with Crippen LogP contribution in [0.3, 0.4) is 0 Å². The van der Waals surface area contributed by atoms with Crippen LogP contribution in [0.2, 0.25) is 0 Å². The van der Waals surface area contributed by atoms with Gasteiger partial charge in [-0.25, -0.2) is 4.39 Å². The van der Waals surface area contributed by atoms with Crippen LogP contribution in [0.25, 0.3) is 0 Å². The molecular formula is C17H20FN3. The Kier molecular flexibility index (Phi) is 4.06. The average Bonchev–Trinajstić information content (AvgIpc) is 2.48. The van der Waals surface area contributed by atoms with Crippen LogP contribution in [0.15, 0.2) is 48.5 Å². The first kappa shape index (κ1) is 13.9. The van der Waals surface area contributed by atoms with E-state index in [1.807, 2.05) is 12.1 Å². The number of nitrogens with zero attached hydrogens (tertiary/aromatic N) is 2. The summed E-state index contributed by atoms with van der Waals surface area (Å²) in [6.07, 6.45) is 0. The Bertz CT molecular complexity index is 572. The van der Waals surface area contributed by atoms with Gasteiger partial charge in [0, 0.05) is 44.1 Å². The maximum absolute atomic E-state index is 13.4. The molecule has 0 saturated carbocycles. The molecule has 1 saturated heterocycles. The van der Waals surface area contributed by atoms with Crippen LogP contribution in [0.4, 0.5) is 15.8 Å². The lowest BCUT2D eigenvalue weighted by atomic mass is 10.2. The Morgan fingerprint density at radius 1 is 0.952 bits per heavy atom. The third-order valence-electron chi connectivity index (χ3n) is 3.89. The second kappa shape index (κ2) is 6.14. The minimum absolute atomic E-state index is 0.267. The number of anilines is 2. The van der Waals surface area contributed by atoms with Crippen LogP contribution in [-0.2, 0) is 6.54 Å². The van der Waals surface area contributed by atoms with Crippen molar-refractivity contribution in [1.29, 1.82) is 0 Å². The van der Waals surface area contributed by atoms with E-state index < -0.39 is 0 Å². The minimum atomic E-state index is -0.267. The van der Waals surface area contributed by atoms with Gasteiger partial charge in [-0.05, 0) is 23.8 Å². The normalized spacial score (nSPS) is 16.1. The molecule has 2 N–H and O–H groups in total. The summed E-state index contributed by atoms with van der Waals surface area (Å²) in [6.45, 7) is 4.72. The zero-order valence-corrected chi connectivity index (χ0v) is 12.0. The molecule has 4 heteroatoms. The molecule has 3 nitrogen and oxygen atoms in total. The average molecular weight is 285 g/mol. The van der Waals surface area contributed by atoms with Crippen LogP contribution in [0, 0.1) is 5.82 Å². The summed E-state index contributed by atoms with van der Waals surface area (Å²) in [6, 6.07) is 15.2. The highest BCUT2D eigenvalue weighted by molar-refractivity contribution is 5.56. The van der Waals surface area contributed by atoms with Crippen molar-refractivity contribution in [2.24, 2.45) is 0 Å². The summed E-state index contributed by atoms with van der Waals surface area (Å²) < 4.78 is 13.4. The highest BCUT2D eigenvalue weighted by Gasteiger charge is 2.17. The SMILES string of the molecule is Nc1cc(F)cc(N2CCN(Cc3ccccc3)CC2)c1. The smallest absolute Gasteiger partial charge is 0.127 e. The molecule has 2 aromatic carbocycles. The number of benzene rings is 2. The molecule has 0 aromatic heterocycles. The Hall–Kier alpha value is -2.07. The maximum atomic E-state index is 13.4. The van der Waals surface area contributed by atoms with Crippen molar-refractivity contribution in [3.8, 4) is 0 Å². The standard InChI is InChI=1S/C17H20FN3/c18-15-10-16(19)12-17(11-15)21-8-6-20(7-9-21)13-14-4-2-1-3-5-14/h1-5,10-12H,6-9,13,19H2. The molecule has 0 atom stereocenters. The fourth-order valence-electron chi connectivity index (χ4n) is 2.78. The zero-order valence-electron chi connectivity index (χ0n) is 12.0. The van der Waals surface area contributed by atoms with E-state index in [0.29, 0.717) is 5.69 Å². The molecule has 2 aromatic rings. The van der Waals surface area contributed by atoms with E-state index in [4.69, 9.17) is 5.73 Å². The molecule has 0 radical (unpaired) electrons. The lowest BCUT2D eigenvalue weighted by Crippen LogP contribution is -2.46. The third kappa shape index (κ3) is 3.52. The molecule has 21 heavy (non-hydrogen) atoms. The fourth-order valence-corrected chi connectivity index (χ4v) is 2.78. The number of piperazine rings is 1. The lowest BCUT2D eigenvalue weighted by Gasteiger charge is -2.36. The van der Waals surface area contributed by atoms with Gasteiger partial charge in [-0.1, -0.05) is 30.3 Å². The Balaban J connectivity index is 1.60. The number of rotatable bonds is 3. The molecular weight excluding hydrogens is 265 g/mol. The summed E-state index contributed by atoms with van der Waals surface area (Å²) >= 11 is 0. The Morgan fingerprint density at radius 2 is 1.67 bits per heavy atom. The first-order valence-corrected chi connectivity index (χ1v) is 7.28. The van der Waals surface area contributed by atoms with Crippen molar-refractivity contribution in [1.82, 2.24) is 4.90 Å². The largest absolute Gasteiger partial charge is 0.399 e. The summed E-state index contributed by atoms with van der Waals surface area (Å²) in [5.41, 5.74) is 8.42. The van der Waals surface area contributed by atoms with Gasteiger partial charge in [0.25, 0.3) is 0 Å². The van der Waals surface area contributed by atoms with Gasteiger partial charge in [-0.15, -0.1) is 0 Å². The molecule has 1 aliphatic rings. The molecule has 0 unspecified atom stereocenters. The van der Waals surface area contributed by atoms with Crippen molar-refractivity contribution < 1.29 is 4.39 Å². The van der Waals surface area contributed by atoms with Gasteiger partial charge in [-0.3, -0.25) is 4.90 Å². The van der Waals surface area contributed by atoms with Gasteiger partial charge >= 0.3 is 0 Å². The molecule has 0 aliphatic carbocycles. The second-order valence-electron chi connectivity index (χ2n) is 5.49. The second-order valence-corrected chi connectivity index (χ2v) is 5.49. The van der Waals surface area contributed by atoms with Crippen molar-refractivity contribution in [2.45, 2.75) is 6.54 Å². The summed E-state index contributed by atoms with van der Waals surface area (Å²) in [4.78, 5) is 4.62. The van der Waals surface area contributed by atoms with Crippen molar-refractivity contribution in [3.63, 3.8) is 0 Å². The molecule has 1 aliphatic heterocycles. The highest BCUT2D eigenvalue weighted by atomic mass is 19.1. The molecule has 110 valence electrons. The minimum Gasteiger partial charge on any atom is -0.399 e. The van der Waals surface area contributed by atoms with Gasteiger partial charge < -0.3 is 10.6 Å². The van der Waals surface area contributed by atoms with Crippen LogP contribution in [-0.4, -0.2) is 31.1 Å². The van der Waals surface area contributed by atoms with Crippen LogP contribution < -0.4 is 10.6 Å². The Morgan fingerprint density at radius 3 is 2.33 bits per heavy atom. The highest BCUT2D eigenvalue weighted by Crippen LogP contribution is 2.21. The summed E-state index contributed by atoms with van der Waals surface area (Å²) in [5.74, 6) is -0.267. The molecule has 0 amide bonds. The predicted octanol–water partition coefficient (Wildman–Crippen LogP) is 2.73. The van der Waals surface area contributed by atoms with Crippen molar-refractivity contribution in [3.05, 3.63) is 59.9 Å². The number of halogens is 1. The monoisotopic (exact) mass is 285 g/mol. The van der Waals surface area contributed by atoms with E-state index in [1.165, 1.54) is 11.6 Å². The first-order valence-electron chi connectivity index (χ1n) is 7.28. The maximum Gasteiger partial charge on any atom is 0.127 e. The van der Waals surface area contributed by atoms with E-state index in [2.05, 4.69) is 34.1 Å².